The van der Waals surface area contributed by atoms with Crippen molar-refractivity contribution in [1.29, 1.82) is 0 Å². The van der Waals surface area contributed by atoms with Gasteiger partial charge in [-0.2, -0.15) is 4.31 Å². The summed E-state index contributed by atoms with van der Waals surface area (Å²) in [6.07, 6.45) is 7.96. The molecule has 8 nitrogen and oxygen atoms in total. The van der Waals surface area contributed by atoms with Gasteiger partial charge in [0.15, 0.2) is 0 Å². The molecule has 0 amide bonds. The van der Waals surface area contributed by atoms with Crippen molar-refractivity contribution in [2.24, 2.45) is 5.73 Å². The number of hydrogen-bond acceptors (Lipinski definition) is 7. The van der Waals surface area contributed by atoms with E-state index < -0.39 is 10.0 Å². The number of rotatable bonds is 11. The van der Waals surface area contributed by atoms with Crippen LogP contribution in [0.3, 0.4) is 0 Å². The third-order valence-corrected chi connectivity index (χ3v) is 6.01. The number of aromatic nitrogens is 3. The Kier molecular flexibility index (Phi) is 8.05. The van der Waals surface area contributed by atoms with Crippen LogP contribution in [0.25, 0.3) is 11.3 Å². The van der Waals surface area contributed by atoms with Gasteiger partial charge >= 0.3 is 0 Å². The molecule has 0 spiro atoms. The van der Waals surface area contributed by atoms with E-state index in [9.17, 15) is 8.42 Å². The van der Waals surface area contributed by atoms with E-state index in [1.165, 1.54) is 16.1 Å². The van der Waals surface area contributed by atoms with Gasteiger partial charge in [-0.05, 0) is 54.8 Å². The maximum Gasteiger partial charge on any atom is 0.223 e. The van der Waals surface area contributed by atoms with Gasteiger partial charge in [0.05, 0.1) is 11.9 Å². The van der Waals surface area contributed by atoms with Crippen LogP contribution < -0.4 is 11.1 Å². The van der Waals surface area contributed by atoms with Crippen molar-refractivity contribution >= 4 is 16.0 Å². The second-order valence-electron chi connectivity index (χ2n) is 7.24. The molecule has 3 aromatic rings. The molecule has 0 atom stereocenters. The molecule has 31 heavy (non-hydrogen) atoms. The zero-order chi connectivity index (χ0) is 22.1. The van der Waals surface area contributed by atoms with Crippen LogP contribution in [0.5, 0.6) is 0 Å². The number of benzene rings is 1. The molecule has 9 heteroatoms. The Balaban J connectivity index is 1.69. The molecule has 0 bridgehead atoms. The highest BCUT2D eigenvalue weighted by Crippen LogP contribution is 2.20. The number of anilines is 1. The van der Waals surface area contributed by atoms with Gasteiger partial charge in [0, 0.05) is 43.8 Å². The molecule has 0 aliphatic heterocycles. The first-order valence-corrected chi connectivity index (χ1v) is 12.0. The molecular weight excluding hydrogens is 412 g/mol. The summed E-state index contributed by atoms with van der Waals surface area (Å²) in [6.45, 7) is 1.86. The fourth-order valence-electron chi connectivity index (χ4n) is 3.14. The lowest BCUT2D eigenvalue weighted by Gasteiger charge is -2.20. The van der Waals surface area contributed by atoms with Gasteiger partial charge < -0.3 is 11.1 Å². The summed E-state index contributed by atoms with van der Waals surface area (Å²) in [6, 6.07) is 13.6. The first kappa shape index (κ1) is 22.8. The molecule has 3 N–H and O–H groups in total. The normalized spacial score (nSPS) is 11.6. The highest BCUT2D eigenvalue weighted by atomic mass is 32.2. The van der Waals surface area contributed by atoms with E-state index in [0.29, 0.717) is 38.5 Å². The number of nitrogens with two attached hydrogens (primary N) is 1. The van der Waals surface area contributed by atoms with Crippen molar-refractivity contribution in [3.05, 3.63) is 72.2 Å². The molecule has 0 saturated carbocycles. The summed E-state index contributed by atoms with van der Waals surface area (Å²) in [5.74, 6) is 0.553. The van der Waals surface area contributed by atoms with E-state index >= 15 is 0 Å². The maximum atomic E-state index is 12.1. The molecule has 164 valence electrons. The van der Waals surface area contributed by atoms with Crippen LogP contribution in [0.2, 0.25) is 0 Å². The predicted octanol–water partition coefficient (Wildman–Crippen LogP) is 2.30. The van der Waals surface area contributed by atoms with Crippen LogP contribution in [0, 0.1) is 0 Å². The Morgan fingerprint density at radius 3 is 2.61 bits per heavy atom. The molecule has 1 aromatic carbocycles. The second kappa shape index (κ2) is 10.9. The third-order valence-electron chi connectivity index (χ3n) is 4.76. The quantitative estimate of drug-likeness (QED) is 0.470. The Hall–Kier alpha value is -2.88. The molecule has 2 aromatic heterocycles. The minimum Gasteiger partial charge on any atom is -0.354 e. The van der Waals surface area contributed by atoms with E-state index in [2.05, 4.69) is 20.3 Å². The lowest BCUT2D eigenvalue weighted by Crippen LogP contribution is -2.31. The standard InChI is InChI=1S/C22H28N6O2S/c1-31(29,30)28(15-3-10-23)17-19-4-2-5-20(16-19)21-9-14-26-22(27-21)25-13-8-18-6-11-24-12-7-18/h2,4-7,9,11-12,14,16H,3,8,10,13,15,17,23H2,1H3,(H,25,26,27). The summed E-state index contributed by atoms with van der Waals surface area (Å²) in [5.41, 5.74) is 9.32. The molecule has 0 saturated heterocycles. The molecule has 0 unspecified atom stereocenters. The zero-order valence-electron chi connectivity index (χ0n) is 17.6. The fourth-order valence-corrected chi connectivity index (χ4v) is 3.98. The highest BCUT2D eigenvalue weighted by Gasteiger charge is 2.16. The van der Waals surface area contributed by atoms with Crippen LogP contribution in [0.15, 0.2) is 61.1 Å². The van der Waals surface area contributed by atoms with E-state index in [4.69, 9.17) is 5.73 Å². The van der Waals surface area contributed by atoms with Gasteiger partial charge in [0.1, 0.15) is 0 Å². The van der Waals surface area contributed by atoms with Gasteiger partial charge in [0.25, 0.3) is 0 Å². The lowest BCUT2D eigenvalue weighted by atomic mass is 10.1. The predicted molar refractivity (Wildman–Crippen MR) is 123 cm³/mol. The molecule has 2 heterocycles. The van der Waals surface area contributed by atoms with Crippen molar-refractivity contribution in [2.75, 3.05) is 31.2 Å². The Labute approximate surface area is 183 Å². The topological polar surface area (TPSA) is 114 Å². The van der Waals surface area contributed by atoms with Gasteiger partial charge in [-0.1, -0.05) is 18.2 Å². The average Bonchev–Trinajstić information content (AvgIpc) is 2.77. The number of nitrogens with zero attached hydrogens (tertiary/aromatic N) is 4. The zero-order valence-corrected chi connectivity index (χ0v) is 18.4. The number of hydrogen-bond donors (Lipinski definition) is 2. The van der Waals surface area contributed by atoms with Crippen molar-refractivity contribution in [3.63, 3.8) is 0 Å². The van der Waals surface area contributed by atoms with E-state index in [-0.39, 0.29) is 0 Å². The summed E-state index contributed by atoms with van der Waals surface area (Å²) >= 11 is 0. The summed E-state index contributed by atoms with van der Waals surface area (Å²) in [5, 5.41) is 3.25. The van der Waals surface area contributed by atoms with Crippen LogP contribution in [-0.2, 0) is 23.0 Å². The van der Waals surface area contributed by atoms with Crippen molar-refractivity contribution in [1.82, 2.24) is 19.3 Å². The minimum absolute atomic E-state index is 0.300. The van der Waals surface area contributed by atoms with Gasteiger partial charge in [-0.15, -0.1) is 0 Å². The molecule has 0 radical (unpaired) electrons. The summed E-state index contributed by atoms with van der Waals surface area (Å²) in [4.78, 5) is 12.9. The first-order chi connectivity index (χ1) is 15.0. The molecule has 3 rings (SSSR count). The largest absolute Gasteiger partial charge is 0.354 e. The van der Waals surface area contributed by atoms with Gasteiger partial charge in [-0.3, -0.25) is 4.98 Å². The molecule has 0 aliphatic carbocycles. The van der Waals surface area contributed by atoms with Crippen molar-refractivity contribution < 1.29 is 8.42 Å². The molecular formula is C22H28N6O2S. The summed E-state index contributed by atoms with van der Waals surface area (Å²) in [7, 11) is -3.31. The first-order valence-electron chi connectivity index (χ1n) is 10.2. The second-order valence-corrected chi connectivity index (χ2v) is 9.22. The SMILES string of the molecule is CS(=O)(=O)N(CCCN)Cc1cccc(-c2ccnc(NCCc3ccncc3)n2)c1. The monoisotopic (exact) mass is 440 g/mol. The smallest absolute Gasteiger partial charge is 0.223 e. The summed E-state index contributed by atoms with van der Waals surface area (Å²) < 4.78 is 25.6. The van der Waals surface area contributed by atoms with Gasteiger partial charge in [-0.25, -0.2) is 18.4 Å². The van der Waals surface area contributed by atoms with Crippen LogP contribution >= 0.6 is 0 Å². The van der Waals surface area contributed by atoms with Crippen molar-refractivity contribution in [3.8, 4) is 11.3 Å². The lowest BCUT2D eigenvalue weighted by molar-refractivity contribution is 0.405. The van der Waals surface area contributed by atoms with Crippen LogP contribution in [0.1, 0.15) is 17.5 Å². The number of pyridine rings is 1. The minimum atomic E-state index is -3.31. The maximum absolute atomic E-state index is 12.1. The Morgan fingerprint density at radius 1 is 1.06 bits per heavy atom. The van der Waals surface area contributed by atoms with E-state index in [0.717, 1.165) is 23.2 Å². The third kappa shape index (κ3) is 7.09. The van der Waals surface area contributed by atoms with E-state index in [1.54, 1.807) is 18.6 Å². The molecule has 0 fully saturated rings. The Morgan fingerprint density at radius 2 is 1.87 bits per heavy atom. The van der Waals surface area contributed by atoms with Crippen LogP contribution in [0.4, 0.5) is 5.95 Å². The fraction of sp³-hybridized carbons (Fsp3) is 0.318. The Bertz CT molecular complexity index is 1080. The highest BCUT2D eigenvalue weighted by molar-refractivity contribution is 7.88. The van der Waals surface area contributed by atoms with E-state index in [1.807, 2.05) is 42.5 Å². The number of sulfonamides is 1. The molecule has 0 aliphatic rings. The van der Waals surface area contributed by atoms with Crippen molar-refractivity contribution in [2.45, 2.75) is 19.4 Å². The van der Waals surface area contributed by atoms with Crippen LogP contribution in [-0.4, -0.2) is 53.6 Å². The van der Waals surface area contributed by atoms with Gasteiger partial charge in [0.2, 0.25) is 16.0 Å². The number of nitrogens with one attached hydrogen (secondary N) is 1. The average molecular weight is 441 g/mol.